The molecule has 19 nitrogen and oxygen atoms in total. The van der Waals surface area contributed by atoms with Crippen LogP contribution >= 0.6 is 0 Å². The Labute approximate surface area is 471 Å². The predicted octanol–water partition coefficient (Wildman–Crippen LogP) is 3.89. The lowest BCUT2D eigenvalue weighted by Crippen LogP contribution is -2.62. The molecule has 0 bridgehead atoms. The summed E-state index contributed by atoms with van der Waals surface area (Å²) in [4.78, 5) is 109. The lowest BCUT2D eigenvalue weighted by atomic mass is 9.90. The first-order chi connectivity index (χ1) is 39.5. The minimum atomic E-state index is -1.32. The molecular weight excluding hydrogens is 1030 g/mol. The van der Waals surface area contributed by atoms with Crippen molar-refractivity contribution < 1.29 is 43.0 Å². The highest BCUT2D eigenvalue weighted by molar-refractivity contribution is 5.99. The molecule has 0 saturated carbocycles. The van der Waals surface area contributed by atoms with E-state index in [9.17, 15) is 4.79 Å². The van der Waals surface area contributed by atoms with Crippen LogP contribution in [0.1, 0.15) is 59.9 Å². The van der Waals surface area contributed by atoms with Gasteiger partial charge in [0.2, 0.25) is 35.4 Å². The highest BCUT2D eigenvalue weighted by Crippen LogP contribution is 2.26. The first-order valence-corrected chi connectivity index (χ1v) is 28.0. The number of alkyl carbamates (subject to hydrolysis) is 1. The van der Waals surface area contributed by atoms with E-state index in [4.69, 9.17) is 15.2 Å². The van der Waals surface area contributed by atoms with Gasteiger partial charge in [0.15, 0.2) is 0 Å². The number of amides is 7. The fourth-order valence-electron chi connectivity index (χ4n) is 10.9. The topological polar surface area (TPSA) is 267 Å². The van der Waals surface area contributed by atoms with Gasteiger partial charge >= 0.3 is 6.09 Å². The second kappa shape index (κ2) is 28.0. The number of aryl methyl sites for hydroxylation is 1. The number of ether oxygens (including phenoxy) is 2. The third kappa shape index (κ3) is 15.9. The number of hydrogen-bond donors (Lipinski definition) is 9. The summed E-state index contributed by atoms with van der Waals surface area (Å²) >= 11 is 0. The van der Waals surface area contributed by atoms with Crippen LogP contribution in [0.4, 0.5) is 4.79 Å². The van der Waals surface area contributed by atoms with Gasteiger partial charge in [-0.2, -0.15) is 0 Å². The number of H-pyrrole nitrogens is 1. The van der Waals surface area contributed by atoms with Gasteiger partial charge in [-0.1, -0.05) is 121 Å². The van der Waals surface area contributed by atoms with Crippen molar-refractivity contribution in [1.29, 1.82) is 0 Å². The number of fused-ring (bicyclic) bond motifs is 2. The summed E-state index contributed by atoms with van der Waals surface area (Å²) in [5, 5.41) is 21.7. The summed E-state index contributed by atoms with van der Waals surface area (Å²) < 4.78 is 11.9. The second-order valence-electron chi connectivity index (χ2n) is 21.1. The van der Waals surface area contributed by atoms with Crippen LogP contribution in [0.15, 0.2) is 146 Å². The summed E-state index contributed by atoms with van der Waals surface area (Å²) in [6.07, 6.45) is 1.88. The van der Waals surface area contributed by atoms with Gasteiger partial charge < -0.3 is 62.3 Å². The lowest BCUT2D eigenvalue weighted by molar-refractivity contribution is -0.143. The number of nitrogens with one attached hydrogen (secondary N) is 8. The van der Waals surface area contributed by atoms with Crippen molar-refractivity contribution >= 4 is 52.4 Å². The van der Waals surface area contributed by atoms with Gasteiger partial charge in [-0.05, 0) is 97.1 Å². The largest absolute Gasteiger partial charge is 0.489 e. The smallest absolute Gasteiger partial charge is 0.407 e. The van der Waals surface area contributed by atoms with Gasteiger partial charge in [0.25, 0.3) is 0 Å². The van der Waals surface area contributed by atoms with E-state index < -0.39 is 83.9 Å². The molecule has 10 N–H and O–H groups in total. The lowest BCUT2D eigenvalue weighted by Gasteiger charge is -2.32. The molecular formula is C62H72N10O9. The molecule has 3 fully saturated rings. The molecule has 0 spiro atoms. The fraction of sp³-hybridized carbons (Fsp3) is 0.371. The van der Waals surface area contributed by atoms with Crippen LogP contribution in [0.25, 0.3) is 10.9 Å². The van der Waals surface area contributed by atoms with Crippen LogP contribution in [-0.4, -0.2) is 126 Å². The molecule has 19 heteroatoms. The van der Waals surface area contributed by atoms with Gasteiger partial charge in [0.05, 0.1) is 6.54 Å². The zero-order valence-electron chi connectivity index (χ0n) is 45.3. The van der Waals surface area contributed by atoms with Crippen molar-refractivity contribution in [2.45, 2.75) is 107 Å². The first kappa shape index (κ1) is 57.1. The van der Waals surface area contributed by atoms with Crippen LogP contribution in [0.2, 0.25) is 0 Å². The molecule has 3 aliphatic heterocycles. The van der Waals surface area contributed by atoms with Crippen molar-refractivity contribution in [1.82, 2.24) is 47.1 Å². The zero-order chi connectivity index (χ0) is 56.5. The second-order valence-corrected chi connectivity index (χ2v) is 21.1. The monoisotopic (exact) mass is 1100 g/mol. The van der Waals surface area contributed by atoms with Gasteiger partial charge in [-0.15, -0.1) is 0 Å². The molecule has 3 saturated heterocycles. The quantitative estimate of drug-likeness (QED) is 0.0633. The van der Waals surface area contributed by atoms with Gasteiger partial charge in [-0.3, -0.25) is 28.8 Å². The van der Waals surface area contributed by atoms with E-state index in [2.05, 4.69) is 42.2 Å². The van der Waals surface area contributed by atoms with Gasteiger partial charge in [-0.25, -0.2) is 4.79 Å². The highest BCUT2D eigenvalue weighted by atomic mass is 16.6. The van der Waals surface area contributed by atoms with Crippen molar-refractivity contribution in [3.05, 3.63) is 174 Å². The van der Waals surface area contributed by atoms with Crippen molar-refractivity contribution in [3.63, 3.8) is 0 Å². The molecule has 3 aliphatic rings. The molecule has 1 aromatic heterocycles. The third-order valence-corrected chi connectivity index (χ3v) is 15.3. The fourth-order valence-corrected chi connectivity index (χ4v) is 10.9. The maximum absolute atomic E-state index is 15.4. The molecule has 5 aromatic carbocycles. The SMILES string of the molecule is NCCNC(=O)O[C@@H]1C[C@H]2C(=O)N[C@@H](CCc3ccccc3)C(=O)N[C@@H](Cc3c[nH]c4ccccc34)C(=O)N[C@@H](CC3CCNCC3)C(=O)N[C@@H](Cc3ccc(OCc4ccccc4)cc3)C(=O)N[C@@H](Cc3ccccc3)C(=O)N2C1. The maximum Gasteiger partial charge on any atom is 0.407 e. The van der Waals surface area contributed by atoms with Gasteiger partial charge in [0, 0.05) is 55.9 Å². The summed E-state index contributed by atoms with van der Waals surface area (Å²) in [6.45, 7) is 1.77. The number of carbonyl (C=O) groups excluding carboxylic acids is 7. The van der Waals surface area contributed by atoms with E-state index in [1.54, 1.807) is 42.6 Å². The molecule has 7 atom stereocenters. The normalized spacial score (nSPS) is 22.5. The number of aromatic nitrogens is 1. The molecule has 424 valence electrons. The summed E-state index contributed by atoms with van der Waals surface area (Å²) in [5.41, 5.74) is 10.4. The number of hydrogen-bond acceptors (Lipinski definition) is 11. The minimum absolute atomic E-state index is 0.00232. The van der Waals surface area contributed by atoms with Crippen LogP contribution in [0, 0.1) is 5.92 Å². The Kier molecular flexibility index (Phi) is 19.8. The Hall–Kier alpha value is -8.55. The molecule has 0 unspecified atom stereocenters. The van der Waals surface area contributed by atoms with E-state index >= 15 is 28.8 Å². The van der Waals surface area contributed by atoms with Crippen molar-refractivity contribution in [2.75, 3.05) is 32.7 Å². The Morgan fingerprint density at radius 1 is 0.593 bits per heavy atom. The molecule has 9 rings (SSSR count). The highest BCUT2D eigenvalue weighted by Gasteiger charge is 2.45. The number of para-hydroxylation sites is 1. The summed E-state index contributed by atoms with van der Waals surface area (Å²) in [7, 11) is 0. The molecule has 7 amide bonds. The number of aromatic amines is 1. The third-order valence-electron chi connectivity index (χ3n) is 15.3. The average molecular weight is 1100 g/mol. The van der Waals surface area contributed by atoms with Crippen LogP contribution < -0.4 is 47.7 Å². The maximum atomic E-state index is 15.4. The predicted molar refractivity (Wildman–Crippen MR) is 305 cm³/mol. The van der Waals surface area contributed by atoms with Crippen molar-refractivity contribution in [2.24, 2.45) is 11.7 Å². The van der Waals surface area contributed by atoms with E-state index in [1.165, 1.54) is 4.90 Å². The van der Waals surface area contributed by atoms with Crippen LogP contribution in [-0.2, 0) is 65.8 Å². The molecule has 4 heterocycles. The number of nitrogens with two attached hydrogens (primary N) is 1. The Morgan fingerprint density at radius 2 is 1.15 bits per heavy atom. The summed E-state index contributed by atoms with van der Waals surface area (Å²) in [6, 6.07) is 35.3. The van der Waals surface area contributed by atoms with E-state index in [0.29, 0.717) is 43.0 Å². The Morgan fingerprint density at radius 3 is 1.84 bits per heavy atom. The molecule has 0 aliphatic carbocycles. The number of benzene rings is 5. The molecule has 0 radical (unpaired) electrons. The standard InChI is InChI=1S/C62H72N10O9/c63-28-31-65-62(79)81-47-36-55-60(77)67-50(25-22-40-12-4-1-5-13-40)56(73)70-53(35-45-37-66-49-19-11-10-18-48(45)49)59(76)69-52(33-43-26-29-64-30-27-43)57(74)68-51(32-42-20-23-46(24-21-42)80-39-44-16-8-3-9-17-44)58(75)71-54(61(78)72(55)38-47)34-41-14-6-2-7-15-41/h1-21,23-24,37,43,47,50-55,64,66H,22,25-36,38-39,63H2,(H,65,79)(H,67,77)(H,68,74)(H,69,76)(H,70,73)(H,71,75)/t47-,50+,51+,52+,53+,54+,55+/m1/s1. The zero-order valence-corrected chi connectivity index (χ0v) is 45.3. The number of piperidine rings is 1. The van der Waals surface area contributed by atoms with Crippen LogP contribution in [0.3, 0.4) is 0 Å². The first-order valence-electron chi connectivity index (χ1n) is 28.0. The van der Waals surface area contributed by atoms with Crippen LogP contribution in [0.5, 0.6) is 5.75 Å². The van der Waals surface area contributed by atoms with E-state index in [-0.39, 0.29) is 64.1 Å². The number of carbonyl (C=O) groups is 7. The number of rotatable bonds is 17. The summed E-state index contributed by atoms with van der Waals surface area (Å²) in [5.74, 6) is -3.42. The van der Waals surface area contributed by atoms with E-state index in [0.717, 1.165) is 40.4 Å². The Bertz CT molecular complexity index is 3080. The van der Waals surface area contributed by atoms with Crippen molar-refractivity contribution in [3.8, 4) is 5.75 Å². The Balaban J connectivity index is 1.10. The minimum Gasteiger partial charge on any atom is -0.489 e. The molecule has 81 heavy (non-hydrogen) atoms. The molecule has 6 aromatic rings. The van der Waals surface area contributed by atoms with Gasteiger partial charge in [0.1, 0.15) is 54.7 Å². The van der Waals surface area contributed by atoms with E-state index in [1.807, 2.05) is 103 Å². The average Bonchev–Trinajstić information content (AvgIpc) is 4.11. The number of nitrogens with zero attached hydrogens (tertiary/aromatic N) is 1.